The first-order chi connectivity index (χ1) is 13.6. The third kappa shape index (κ3) is 5.72. The van der Waals surface area contributed by atoms with E-state index in [9.17, 15) is 0 Å². The van der Waals surface area contributed by atoms with Crippen LogP contribution in [0.1, 0.15) is 11.5 Å². The lowest BCUT2D eigenvalue weighted by Crippen LogP contribution is -2.38. The van der Waals surface area contributed by atoms with Crippen molar-refractivity contribution < 1.29 is 9.26 Å². The van der Waals surface area contributed by atoms with E-state index in [1.165, 1.54) is 5.56 Å². The largest absolute Gasteiger partial charge is 0.492 e. The number of hydrogen-bond acceptors (Lipinski definition) is 5. The van der Waals surface area contributed by atoms with Crippen molar-refractivity contribution in [1.82, 2.24) is 20.8 Å². The summed E-state index contributed by atoms with van der Waals surface area (Å²) >= 11 is 5.89. The van der Waals surface area contributed by atoms with Gasteiger partial charge in [-0.05, 0) is 43.3 Å². The molecule has 2 N–H and O–H groups in total. The summed E-state index contributed by atoms with van der Waals surface area (Å²) in [6, 6.07) is 15.2. The fraction of sp³-hybridized carbons (Fsp3) is 0.250. The van der Waals surface area contributed by atoms with Gasteiger partial charge in [0.1, 0.15) is 12.4 Å². The Morgan fingerprint density at radius 2 is 1.86 bits per heavy atom. The van der Waals surface area contributed by atoms with E-state index in [-0.39, 0.29) is 0 Å². The van der Waals surface area contributed by atoms with Gasteiger partial charge in [0.2, 0.25) is 11.7 Å². The van der Waals surface area contributed by atoms with Crippen molar-refractivity contribution in [2.45, 2.75) is 13.5 Å². The van der Waals surface area contributed by atoms with Gasteiger partial charge in [-0.25, -0.2) is 0 Å². The van der Waals surface area contributed by atoms with Gasteiger partial charge in [0.25, 0.3) is 0 Å². The molecule has 146 valence electrons. The van der Waals surface area contributed by atoms with Crippen molar-refractivity contribution >= 4 is 17.6 Å². The molecule has 1 aromatic heterocycles. The zero-order chi connectivity index (χ0) is 19.8. The summed E-state index contributed by atoms with van der Waals surface area (Å²) in [6.07, 6.45) is 0. The van der Waals surface area contributed by atoms with Crippen LogP contribution in [-0.2, 0) is 6.54 Å². The van der Waals surface area contributed by atoms with Crippen LogP contribution in [0, 0.1) is 6.92 Å². The normalized spacial score (nSPS) is 11.3. The van der Waals surface area contributed by atoms with E-state index < -0.39 is 0 Å². The van der Waals surface area contributed by atoms with Crippen molar-refractivity contribution in [1.29, 1.82) is 0 Å². The molecule has 0 spiro atoms. The van der Waals surface area contributed by atoms with E-state index in [0.717, 1.165) is 11.3 Å². The van der Waals surface area contributed by atoms with Gasteiger partial charge in [-0.2, -0.15) is 4.98 Å². The summed E-state index contributed by atoms with van der Waals surface area (Å²) in [6.45, 7) is 3.53. The van der Waals surface area contributed by atoms with Gasteiger partial charge in [0.15, 0.2) is 5.96 Å². The van der Waals surface area contributed by atoms with Crippen LogP contribution in [0.4, 0.5) is 0 Å². The molecule has 0 saturated heterocycles. The van der Waals surface area contributed by atoms with Gasteiger partial charge in [-0.15, -0.1) is 0 Å². The Bertz CT molecular complexity index is 907. The summed E-state index contributed by atoms with van der Waals surface area (Å²) in [5, 5.41) is 11.0. The number of aryl methyl sites for hydroxylation is 1. The SMILES string of the molecule is CN=C(NCCOc1ccc(C)cc1)NCc1nc(-c2ccc(Cl)cc2)no1. The third-order valence-electron chi connectivity index (χ3n) is 3.89. The van der Waals surface area contributed by atoms with Gasteiger partial charge in [-0.1, -0.05) is 34.5 Å². The highest BCUT2D eigenvalue weighted by atomic mass is 35.5. The molecule has 0 atom stereocenters. The Kier molecular flexibility index (Phi) is 6.86. The smallest absolute Gasteiger partial charge is 0.246 e. The van der Waals surface area contributed by atoms with Crippen molar-refractivity contribution in [3.63, 3.8) is 0 Å². The molecule has 3 rings (SSSR count). The average molecular weight is 400 g/mol. The number of nitrogens with zero attached hydrogens (tertiary/aromatic N) is 3. The highest BCUT2D eigenvalue weighted by Gasteiger charge is 2.09. The van der Waals surface area contributed by atoms with Crippen LogP contribution in [0.15, 0.2) is 58.0 Å². The monoisotopic (exact) mass is 399 g/mol. The zero-order valence-corrected chi connectivity index (χ0v) is 16.5. The van der Waals surface area contributed by atoms with Crippen molar-refractivity contribution in [3.8, 4) is 17.1 Å². The maximum Gasteiger partial charge on any atom is 0.246 e. The molecule has 28 heavy (non-hydrogen) atoms. The molecule has 0 saturated carbocycles. The lowest BCUT2D eigenvalue weighted by atomic mass is 10.2. The molecule has 0 amide bonds. The van der Waals surface area contributed by atoms with E-state index in [1.807, 2.05) is 43.3 Å². The van der Waals surface area contributed by atoms with Crippen molar-refractivity contribution in [2.24, 2.45) is 4.99 Å². The van der Waals surface area contributed by atoms with Crippen LogP contribution in [-0.4, -0.2) is 36.3 Å². The van der Waals surface area contributed by atoms with Gasteiger partial charge in [0, 0.05) is 17.6 Å². The zero-order valence-electron chi connectivity index (χ0n) is 15.8. The molecule has 0 unspecified atom stereocenters. The van der Waals surface area contributed by atoms with Crippen LogP contribution in [0.3, 0.4) is 0 Å². The minimum Gasteiger partial charge on any atom is -0.492 e. The first-order valence-corrected chi connectivity index (χ1v) is 9.24. The summed E-state index contributed by atoms with van der Waals surface area (Å²) in [5.74, 6) is 2.45. The van der Waals surface area contributed by atoms with E-state index in [0.29, 0.717) is 42.4 Å². The maximum atomic E-state index is 5.89. The Hall–Kier alpha value is -3.06. The highest BCUT2D eigenvalue weighted by Crippen LogP contribution is 2.18. The number of guanidine groups is 1. The van der Waals surface area contributed by atoms with E-state index in [1.54, 1.807) is 19.2 Å². The fourth-order valence-electron chi connectivity index (χ4n) is 2.40. The summed E-state index contributed by atoms with van der Waals surface area (Å²) in [5.41, 5.74) is 2.05. The van der Waals surface area contributed by atoms with Crippen LogP contribution < -0.4 is 15.4 Å². The molecule has 1 heterocycles. The molecule has 7 nitrogen and oxygen atoms in total. The lowest BCUT2D eigenvalue weighted by Gasteiger charge is -2.11. The number of rotatable bonds is 7. The Morgan fingerprint density at radius 1 is 1.11 bits per heavy atom. The topological polar surface area (TPSA) is 84.6 Å². The van der Waals surface area contributed by atoms with Crippen molar-refractivity contribution in [3.05, 3.63) is 65.0 Å². The van der Waals surface area contributed by atoms with E-state index >= 15 is 0 Å². The molecule has 0 aliphatic carbocycles. The third-order valence-corrected chi connectivity index (χ3v) is 4.14. The van der Waals surface area contributed by atoms with Crippen LogP contribution in [0.2, 0.25) is 5.02 Å². The predicted octanol–water partition coefficient (Wildman–Crippen LogP) is 3.44. The van der Waals surface area contributed by atoms with Crippen LogP contribution in [0.5, 0.6) is 5.75 Å². The molecule has 0 bridgehead atoms. The summed E-state index contributed by atoms with van der Waals surface area (Å²) in [7, 11) is 1.70. The number of hydrogen-bond donors (Lipinski definition) is 2. The minimum atomic E-state index is 0.360. The van der Waals surface area contributed by atoms with Crippen molar-refractivity contribution in [2.75, 3.05) is 20.2 Å². The quantitative estimate of drug-likeness (QED) is 0.359. The van der Waals surface area contributed by atoms with Gasteiger partial charge in [0.05, 0.1) is 13.1 Å². The maximum absolute atomic E-state index is 5.89. The van der Waals surface area contributed by atoms with E-state index in [4.69, 9.17) is 20.9 Å². The number of aliphatic imine (C=N–C) groups is 1. The number of halogens is 1. The molecule has 3 aromatic rings. The molecule has 2 aromatic carbocycles. The van der Waals surface area contributed by atoms with Crippen LogP contribution in [0.25, 0.3) is 11.4 Å². The van der Waals surface area contributed by atoms with E-state index in [2.05, 4.69) is 25.8 Å². The number of nitrogens with one attached hydrogen (secondary N) is 2. The highest BCUT2D eigenvalue weighted by molar-refractivity contribution is 6.30. The van der Waals surface area contributed by atoms with Crippen LogP contribution >= 0.6 is 11.6 Å². The predicted molar refractivity (Wildman–Crippen MR) is 110 cm³/mol. The molecular weight excluding hydrogens is 378 g/mol. The lowest BCUT2D eigenvalue weighted by molar-refractivity contribution is 0.321. The number of aromatic nitrogens is 2. The number of ether oxygens (including phenoxy) is 1. The summed E-state index contributed by atoms with van der Waals surface area (Å²) < 4.78 is 11.0. The minimum absolute atomic E-state index is 0.360. The first-order valence-electron chi connectivity index (χ1n) is 8.86. The molecule has 0 fully saturated rings. The first kappa shape index (κ1) is 19.7. The molecule has 0 radical (unpaired) electrons. The second-order valence-electron chi connectivity index (χ2n) is 6.03. The molecular formula is C20H22ClN5O2. The fourth-order valence-corrected chi connectivity index (χ4v) is 2.52. The van der Waals surface area contributed by atoms with Gasteiger partial charge in [-0.3, -0.25) is 4.99 Å². The Labute approximate surface area is 168 Å². The number of benzene rings is 2. The average Bonchev–Trinajstić information content (AvgIpc) is 3.18. The van der Waals surface area contributed by atoms with Gasteiger partial charge < -0.3 is 19.9 Å². The van der Waals surface area contributed by atoms with Gasteiger partial charge >= 0.3 is 0 Å². The second kappa shape index (κ2) is 9.75. The Balaban J connectivity index is 1.42. The molecule has 0 aliphatic heterocycles. The standard InChI is InChI=1S/C20H22ClN5O2/c1-14-3-9-17(10-4-14)27-12-11-23-20(22-2)24-13-18-25-19(26-28-18)15-5-7-16(21)8-6-15/h3-10H,11-13H2,1-2H3,(H2,22,23,24). The molecule has 8 heteroatoms. The second-order valence-corrected chi connectivity index (χ2v) is 6.47. The Morgan fingerprint density at radius 3 is 2.57 bits per heavy atom. The summed E-state index contributed by atoms with van der Waals surface area (Å²) in [4.78, 5) is 8.54. The molecule has 0 aliphatic rings.